The van der Waals surface area contributed by atoms with Crippen molar-refractivity contribution in [2.75, 3.05) is 26.8 Å². The molecule has 1 aliphatic carbocycles. The fourth-order valence-electron chi connectivity index (χ4n) is 3.72. The Morgan fingerprint density at radius 2 is 1.80 bits per heavy atom. The Hall–Kier alpha value is -1.75. The number of hydrogen-bond acceptors (Lipinski definition) is 4. The van der Waals surface area contributed by atoms with Gasteiger partial charge in [0.1, 0.15) is 5.75 Å². The summed E-state index contributed by atoms with van der Waals surface area (Å²) in [6.45, 7) is 3.20. The first kappa shape index (κ1) is 18.1. The molecular formula is C20H30N2O3. The van der Waals surface area contributed by atoms with Crippen molar-refractivity contribution in [3.63, 3.8) is 0 Å². The molecule has 1 amide bonds. The van der Waals surface area contributed by atoms with E-state index in [1.54, 1.807) is 7.11 Å². The van der Waals surface area contributed by atoms with Gasteiger partial charge in [0, 0.05) is 25.7 Å². The minimum absolute atomic E-state index is 0.114. The Bertz CT molecular complexity index is 532. The van der Waals surface area contributed by atoms with Crippen LogP contribution < -0.4 is 10.1 Å². The predicted molar refractivity (Wildman–Crippen MR) is 97.7 cm³/mol. The molecule has 1 heterocycles. The molecule has 2 fully saturated rings. The van der Waals surface area contributed by atoms with Crippen molar-refractivity contribution in [1.82, 2.24) is 10.2 Å². The van der Waals surface area contributed by atoms with Crippen LogP contribution in [-0.2, 0) is 11.3 Å². The summed E-state index contributed by atoms with van der Waals surface area (Å²) in [6, 6.07) is 8.78. The average Bonchev–Trinajstić information content (AvgIpc) is 3.20. The maximum atomic E-state index is 11.9. The SMILES string of the molecule is COc1ccc(CNC2CCC(COC(=O)N3CCCC3)CC2)cc1. The van der Waals surface area contributed by atoms with E-state index < -0.39 is 0 Å². The van der Waals surface area contributed by atoms with Crippen molar-refractivity contribution in [3.05, 3.63) is 29.8 Å². The van der Waals surface area contributed by atoms with Gasteiger partial charge in [-0.15, -0.1) is 0 Å². The van der Waals surface area contributed by atoms with Crippen LogP contribution in [0.1, 0.15) is 44.1 Å². The van der Waals surface area contributed by atoms with E-state index in [0.29, 0.717) is 18.6 Å². The number of nitrogens with zero attached hydrogens (tertiary/aromatic N) is 1. The average molecular weight is 346 g/mol. The number of carbonyl (C=O) groups excluding carboxylic acids is 1. The second-order valence-electron chi connectivity index (χ2n) is 7.22. The number of likely N-dealkylation sites (tertiary alicyclic amines) is 1. The standard InChI is InChI=1S/C20H30N2O3/c1-24-19-10-6-16(7-11-19)14-21-18-8-4-17(5-9-18)15-25-20(23)22-12-2-3-13-22/h6-7,10-11,17-18,21H,2-5,8-9,12-15H2,1H3. The van der Waals surface area contributed by atoms with Gasteiger partial charge in [0.2, 0.25) is 0 Å². The van der Waals surface area contributed by atoms with Gasteiger partial charge in [-0.05, 0) is 62.1 Å². The van der Waals surface area contributed by atoms with E-state index in [2.05, 4.69) is 17.4 Å². The number of methoxy groups -OCH3 is 1. The summed E-state index contributed by atoms with van der Waals surface area (Å²) in [7, 11) is 1.69. The molecule has 0 atom stereocenters. The number of ether oxygens (including phenoxy) is 2. The molecule has 1 saturated carbocycles. The second-order valence-corrected chi connectivity index (χ2v) is 7.22. The molecular weight excluding hydrogens is 316 g/mol. The molecule has 5 heteroatoms. The van der Waals surface area contributed by atoms with E-state index in [1.165, 1.54) is 5.56 Å². The Morgan fingerprint density at radius 3 is 2.44 bits per heavy atom. The highest BCUT2D eigenvalue weighted by Crippen LogP contribution is 2.25. The number of carbonyl (C=O) groups is 1. The van der Waals surface area contributed by atoms with Crippen molar-refractivity contribution >= 4 is 6.09 Å². The summed E-state index contributed by atoms with van der Waals surface area (Å²) in [4.78, 5) is 13.8. The molecule has 1 aromatic carbocycles. The number of hydrogen-bond donors (Lipinski definition) is 1. The van der Waals surface area contributed by atoms with Crippen LogP contribution >= 0.6 is 0 Å². The molecule has 0 aromatic heterocycles. The maximum absolute atomic E-state index is 11.9. The number of nitrogens with one attached hydrogen (secondary N) is 1. The van der Waals surface area contributed by atoms with Crippen LogP contribution in [0.4, 0.5) is 4.79 Å². The minimum atomic E-state index is -0.114. The van der Waals surface area contributed by atoms with Gasteiger partial charge in [0.25, 0.3) is 0 Å². The van der Waals surface area contributed by atoms with E-state index in [0.717, 1.165) is 63.9 Å². The van der Waals surface area contributed by atoms with Crippen molar-refractivity contribution in [3.8, 4) is 5.75 Å². The first-order valence-corrected chi connectivity index (χ1v) is 9.52. The lowest BCUT2D eigenvalue weighted by molar-refractivity contribution is 0.0841. The first-order chi connectivity index (χ1) is 12.2. The van der Waals surface area contributed by atoms with Crippen LogP contribution in [-0.4, -0.2) is 43.8 Å². The molecule has 0 unspecified atom stereocenters. The fraction of sp³-hybridized carbons (Fsp3) is 0.650. The van der Waals surface area contributed by atoms with Gasteiger partial charge in [0.15, 0.2) is 0 Å². The molecule has 0 spiro atoms. The highest BCUT2D eigenvalue weighted by atomic mass is 16.6. The summed E-state index contributed by atoms with van der Waals surface area (Å²) in [5, 5.41) is 3.65. The summed E-state index contributed by atoms with van der Waals surface area (Å²) in [6.07, 6.45) is 6.68. The number of benzene rings is 1. The molecule has 3 rings (SSSR count). The topological polar surface area (TPSA) is 50.8 Å². The highest BCUT2D eigenvalue weighted by molar-refractivity contribution is 5.67. The lowest BCUT2D eigenvalue weighted by Gasteiger charge is -2.29. The van der Waals surface area contributed by atoms with Gasteiger partial charge in [0.05, 0.1) is 13.7 Å². The molecule has 1 aliphatic heterocycles. The maximum Gasteiger partial charge on any atom is 0.409 e. The third-order valence-corrected chi connectivity index (χ3v) is 5.41. The zero-order valence-electron chi connectivity index (χ0n) is 15.2. The van der Waals surface area contributed by atoms with Crippen LogP contribution in [0.15, 0.2) is 24.3 Å². The third-order valence-electron chi connectivity index (χ3n) is 5.41. The van der Waals surface area contributed by atoms with Crippen molar-refractivity contribution < 1.29 is 14.3 Å². The van der Waals surface area contributed by atoms with Gasteiger partial charge in [-0.2, -0.15) is 0 Å². The Balaban J connectivity index is 1.32. The largest absolute Gasteiger partial charge is 0.497 e. The van der Waals surface area contributed by atoms with Crippen molar-refractivity contribution in [2.24, 2.45) is 5.92 Å². The number of rotatable bonds is 6. The van der Waals surface area contributed by atoms with Crippen LogP contribution in [0.3, 0.4) is 0 Å². The highest BCUT2D eigenvalue weighted by Gasteiger charge is 2.24. The molecule has 1 N–H and O–H groups in total. The second kappa shape index (κ2) is 9.09. The van der Waals surface area contributed by atoms with E-state index in [9.17, 15) is 4.79 Å². The van der Waals surface area contributed by atoms with E-state index in [-0.39, 0.29) is 6.09 Å². The van der Waals surface area contributed by atoms with E-state index in [1.807, 2.05) is 17.0 Å². The third kappa shape index (κ3) is 5.36. The molecule has 138 valence electrons. The molecule has 1 saturated heterocycles. The Labute approximate surface area is 150 Å². The van der Waals surface area contributed by atoms with Gasteiger partial charge in [-0.3, -0.25) is 0 Å². The van der Waals surface area contributed by atoms with Crippen molar-refractivity contribution in [1.29, 1.82) is 0 Å². The molecule has 0 bridgehead atoms. The van der Waals surface area contributed by atoms with Gasteiger partial charge in [-0.25, -0.2) is 4.79 Å². The Kier molecular flexibility index (Phi) is 6.56. The minimum Gasteiger partial charge on any atom is -0.497 e. The zero-order valence-corrected chi connectivity index (χ0v) is 15.2. The summed E-state index contributed by atoms with van der Waals surface area (Å²) >= 11 is 0. The quantitative estimate of drug-likeness (QED) is 0.855. The van der Waals surface area contributed by atoms with Crippen molar-refractivity contribution in [2.45, 2.75) is 51.1 Å². The first-order valence-electron chi connectivity index (χ1n) is 9.52. The fourth-order valence-corrected chi connectivity index (χ4v) is 3.72. The molecule has 5 nitrogen and oxygen atoms in total. The van der Waals surface area contributed by atoms with Gasteiger partial charge < -0.3 is 19.7 Å². The lowest BCUT2D eigenvalue weighted by Crippen LogP contribution is -2.35. The summed E-state index contributed by atoms with van der Waals surface area (Å²) < 4.78 is 10.7. The normalized spacial score (nSPS) is 23.5. The van der Waals surface area contributed by atoms with Crippen LogP contribution in [0.25, 0.3) is 0 Å². The van der Waals surface area contributed by atoms with Crippen LogP contribution in [0, 0.1) is 5.92 Å². The molecule has 0 radical (unpaired) electrons. The smallest absolute Gasteiger partial charge is 0.409 e. The Morgan fingerprint density at radius 1 is 1.12 bits per heavy atom. The molecule has 1 aromatic rings. The predicted octanol–water partition coefficient (Wildman–Crippen LogP) is 3.58. The summed E-state index contributed by atoms with van der Waals surface area (Å²) in [5.74, 6) is 1.42. The summed E-state index contributed by atoms with van der Waals surface area (Å²) in [5.41, 5.74) is 1.28. The molecule has 2 aliphatic rings. The molecule has 25 heavy (non-hydrogen) atoms. The van der Waals surface area contributed by atoms with Gasteiger partial charge >= 0.3 is 6.09 Å². The zero-order chi connectivity index (χ0) is 17.5. The van der Waals surface area contributed by atoms with Crippen LogP contribution in [0.5, 0.6) is 5.75 Å². The monoisotopic (exact) mass is 346 g/mol. The van der Waals surface area contributed by atoms with Crippen LogP contribution in [0.2, 0.25) is 0 Å². The van der Waals surface area contributed by atoms with Gasteiger partial charge in [-0.1, -0.05) is 12.1 Å². The van der Waals surface area contributed by atoms with E-state index >= 15 is 0 Å². The lowest BCUT2D eigenvalue weighted by atomic mass is 9.86. The van der Waals surface area contributed by atoms with E-state index in [4.69, 9.17) is 9.47 Å². The number of amides is 1.